The van der Waals surface area contributed by atoms with Gasteiger partial charge >= 0.3 is 13.1 Å². The molecular weight excluding hydrogens is 457 g/mol. The first-order chi connectivity index (χ1) is 15.9. The SMILES string of the molecule is COC(=O)[C@@H](NS(=O)(=O)c1ccc(C)cc1)[C@@H](O)CCCB1OC2C[C@@H]3C[C@@H](C3(C)C)[C@]2(C)O1. The molecule has 6 atom stereocenters. The van der Waals surface area contributed by atoms with Gasteiger partial charge in [-0.2, -0.15) is 4.72 Å². The second-order valence-corrected chi connectivity index (χ2v) is 12.5. The highest BCUT2D eigenvalue weighted by Gasteiger charge is 2.67. The van der Waals surface area contributed by atoms with E-state index in [1.807, 2.05) is 6.92 Å². The highest BCUT2D eigenvalue weighted by molar-refractivity contribution is 7.89. The first-order valence-corrected chi connectivity index (χ1v) is 13.5. The number of nitrogens with one attached hydrogen (secondary N) is 1. The molecule has 3 aliphatic carbocycles. The highest BCUT2D eigenvalue weighted by atomic mass is 32.2. The molecule has 0 radical (unpaired) electrons. The Morgan fingerprint density at radius 2 is 1.94 bits per heavy atom. The van der Waals surface area contributed by atoms with Crippen LogP contribution in [-0.4, -0.2) is 57.6 Å². The monoisotopic (exact) mass is 493 g/mol. The highest BCUT2D eigenvalue weighted by Crippen LogP contribution is 2.65. The third-order valence-electron chi connectivity index (χ3n) is 8.39. The fourth-order valence-electron chi connectivity index (χ4n) is 6.10. The summed E-state index contributed by atoms with van der Waals surface area (Å²) >= 11 is 0. The van der Waals surface area contributed by atoms with Gasteiger partial charge in [-0.05, 0) is 68.8 Å². The summed E-state index contributed by atoms with van der Waals surface area (Å²) in [6.45, 7) is 8.62. The summed E-state index contributed by atoms with van der Waals surface area (Å²) in [5.74, 6) is 0.304. The zero-order valence-electron chi connectivity index (χ0n) is 20.6. The molecule has 2 bridgehead atoms. The number of hydrogen-bond donors (Lipinski definition) is 2. The Kier molecular flexibility index (Phi) is 6.94. The summed E-state index contributed by atoms with van der Waals surface area (Å²) in [5.41, 5.74) is 0.885. The largest absolute Gasteiger partial charge is 0.468 e. The Balaban J connectivity index is 1.34. The van der Waals surface area contributed by atoms with Crippen LogP contribution in [0.15, 0.2) is 29.2 Å². The average Bonchev–Trinajstić information content (AvgIpc) is 3.12. The minimum Gasteiger partial charge on any atom is -0.468 e. The lowest BCUT2D eigenvalue weighted by Crippen LogP contribution is -2.65. The van der Waals surface area contributed by atoms with Crippen LogP contribution in [0.4, 0.5) is 0 Å². The summed E-state index contributed by atoms with van der Waals surface area (Å²) in [6.07, 6.45) is 2.27. The lowest BCUT2D eigenvalue weighted by molar-refractivity contribution is -0.199. The van der Waals surface area contributed by atoms with Gasteiger partial charge in [0.15, 0.2) is 0 Å². The number of benzene rings is 1. The van der Waals surface area contributed by atoms with Gasteiger partial charge in [-0.3, -0.25) is 4.79 Å². The van der Waals surface area contributed by atoms with Crippen LogP contribution in [0.3, 0.4) is 0 Å². The molecule has 0 aromatic heterocycles. The van der Waals surface area contributed by atoms with E-state index in [0.29, 0.717) is 24.6 Å². The van der Waals surface area contributed by atoms with Crippen LogP contribution in [-0.2, 0) is 28.9 Å². The van der Waals surface area contributed by atoms with E-state index in [1.165, 1.54) is 18.6 Å². The van der Waals surface area contributed by atoms with Crippen molar-refractivity contribution >= 4 is 23.1 Å². The van der Waals surface area contributed by atoms with Crippen molar-refractivity contribution in [2.24, 2.45) is 17.3 Å². The third-order valence-corrected chi connectivity index (χ3v) is 9.85. The molecule has 1 aliphatic heterocycles. The second-order valence-electron chi connectivity index (χ2n) is 10.8. The van der Waals surface area contributed by atoms with Crippen molar-refractivity contribution in [3.05, 3.63) is 29.8 Å². The van der Waals surface area contributed by atoms with Gasteiger partial charge in [-0.15, -0.1) is 0 Å². The molecule has 5 rings (SSSR count). The molecular formula is C24H36BNO7S. The van der Waals surface area contributed by atoms with E-state index in [2.05, 4.69) is 25.5 Å². The topological polar surface area (TPSA) is 111 Å². The molecule has 3 saturated carbocycles. The van der Waals surface area contributed by atoms with Gasteiger partial charge in [0.2, 0.25) is 10.0 Å². The summed E-state index contributed by atoms with van der Waals surface area (Å²) < 4.78 is 45.2. The molecule has 4 fully saturated rings. The Hall–Kier alpha value is -1.46. The van der Waals surface area contributed by atoms with E-state index >= 15 is 0 Å². The maximum atomic E-state index is 12.8. The van der Waals surface area contributed by atoms with Crippen molar-refractivity contribution < 1.29 is 32.4 Å². The first kappa shape index (κ1) is 25.6. The molecule has 1 heterocycles. The Bertz CT molecular complexity index is 1010. The first-order valence-electron chi connectivity index (χ1n) is 12.1. The number of carbonyl (C=O) groups excluding carboxylic acids is 1. The summed E-state index contributed by atoms with van der Waals surface area (Å²) in [5, 5.41) is 10.7. The van der Waals surface area contributed by atoms with Crippen molar-refractivity contribution in [2.75, 3.05) is 7.11 Å². The molecule has 1 aromatic rings. The van der Waals surface area contributed by atoms with E-state index in [1.54, 1.807) is 12.1 Å². The minimum absolute atomic E-state index is 0.0177. The van der Waals surface area contributed by atoms with E-state index in [-0.39, 0.29) is 35.6 Å². The van der Waals surface area contributed by atoms with Crippen molar-refractivity contribution in [3.63, 3.8) is 0 Å². The molecule has 8 nitrogen and oxygen atoms in total. The van der Waals surface area contributed by atoms with Gasteiger partial charge in [0, 0.05) is 0 Å². The van der Waals surface area contributed by atoms with E-state index in [0.717, 1.165) is 19.1 Å². The number of hydrogen-bond acceptors (Lipinski definition) is 7. The van der Waals surface area contributed by atoms with Gasteiger partial charge in [0.1, 0.15) is 6.04 Å². The maximum Gasteiger partial charge on any atom is 0.457 e. The van der Waals surface area contributed by atoms with E-state index in [4.69, 9.17) is 14.0 Å². The lowest BCUT2D eigenvalue weighted by atomic mass is 9.43. The standard InChI is InChI=1S/C24H36BNO7S/c1-15-8-10-17(11-9-15)34(29,30)26-21(22(28)31-5)18(27)7-6-12-25-32-20-14-16-13-19(23(16,2)3)24(20,4)33-25/h8-11,16,18-21,26-27H,6-7,12-14H2,1-5H3/t16-,18-,19-,20?,21-,24-/m0/s1. The van der Waals surface area contributed by atoms with Gasteiger partial charge in [-0.25, -0.2) is 8.42 Å². The molecule has 10 heteroatoms. The van der Waals surface area contributed by atoms with Gasteiger partial charge < -0.3 is 19.2 Å². The average molecular weight is 493 g/mol. The molecule has 1 aromatic carbocycles. The third kappa shape index (κ3) is 4.55. The predicted octanol–water partition coefficient (Wildman–Crippen LogP) is 2.68. The van der Waals surface area contributed by atoms with Crippen molar-refractivity contribution in [2.45, 2.75) is 88.4 Å². The smallest absolute Gasteiger partial charge is 0.457 e. The minimum atomic E-state index is -4.01. The lowest BCUT2D eigenvalue weighted by Gasteiger charge is -2.64. The predicted molar refractivity (Wildman–Crippen MR) is 127 cm³/mol. The maximum absolute atomic E-state index is 12.8. The molecule has 1 saturated heterocycles. The molecule has 34 heavy (non-hydrogen) atoms. The van der Waals surface area contributed by atoms with E-state index < -0.39 is 28.1 Å². The number of ether oxygens (including phenoxy) is 1. The van der Waals surface area contributed by atoms with Crippen LogP contribution in [0.2, 0.25) is 6.32 Å². The molecule has 4 aliphatic rings. The fraction of sp³-hybridized carbons (Fsp3) is 0.708. The molecule has 2 N–H and O–H groups in total. The number of methoxy groups -OCH3 is 1. The van der Waals surface area contributed by atoms with E-state index in [9.17, 15) is 18.3 Å². The van der Waals surface area contributed by atoms with Crippen LogP contribution >= 0.6 is 0 Å². The Morgan fingerprint density at radius 3 is 2.56 bits per heavy atom. The number of rotatable bonds is 9. The summed E-state index contributed by atoms with van der Waals surface area (Å²) in [7, 11) is -3.21. The Labute approximate surface area is 202 Å². The number of aliphatic hydroxyl groups is 1. The zero-order valence-corrected chi connectivity index (χ0v) is 21.4. The molecule has 0 amide bonds. The molecule has 1 unspecified atom stereocenters. The van der Waals surface area contributed by atoms with Crippen molar-refractivity contribution in [1.82, 2.24) is 4.72 Å². The van der Waals surface area contributed by atoms with Crippen LogP contribution in [0, 0.1) is 24.2 Å². The number of carbonyl (C=O) groups is 1. The van der Waals surface area contributed by atoms with Crippen molar-refractivity contribution in [1.29, 1.82) is 0 Å². The van der Waals surface area contributed by atoms with Crippen LogP contribution in [0.25, 0.3) is 0 Å². The number of esters is 1. The zero-order chi connectivity index (χ0) is 24.9. The molecule has 0 spiro atoms. The van der Waals surface area contributed by atoms with Crippen LogP contribution in [0.5, 0.6) is 0 Å². The van der Waals surface area contributed by atoms with Gasteiger partial charge in [-0.1, -0.05) is 38.0 Å². The van der Waals surface area contributed by atoms with Crippen molar-refractivity contribution in [3.8, 4) is 0 Å². The van der Waals surface area contributed by atoms with Crippen LogP contribution in [0.1, 0.15) is 52.0 Å². The molecule has 188 valence electrons. The Morgan fingerprint density at radius 1 is 1.26 bits per heavy atom. The summed E-state index contributed by atoms with van der Waals surface area (Å²) in [6, 6.07) is 4.85. The van der Waals surface area contributed by atoms with Crippen LogP contribution < -0.4 is 4.72 Å². The number of sulfonamides is 1. The summed E-state index contributed by atoms with van der Waals surface area (Å²) in [4.78, 5) is 12.3. The second kappa shape index (κ2) is 9.20. The number of aryl methyl sites for hydroxylation is 1. The normalized spacial score (nSPS) is 31.4. The fourth-order valence-corrected chi connectivity index (χ4v) is 7.32. The quantitative estimate of drug-likeness (QED) is 0.402. The number of aliphatic hydroxyl groups excluding tert-OH is 1. The van der Waals surface area contributed by atoms with Gasteiger partial charge in [0.25, 0.3) is 0 Å². The van der Waals surface area contributed by atoms with Gasteiger partial charge in [0.05, 0.1) is 29.8 Å².